The summed E-state index contributed by atoms with van der Waals surface area (Å²) < 4.78 is 6.58. The summed E-state index contributed by atoms with van der Waals surface area (Å²) in [6, 6.07) is 18.2. The van der Waals surface area contributed by atoms with E-state index in [0.29, 0.717) is 18.6 Å². The maximum absolute atomic E-state index is 6.58. The van der Waals surface area contributed by atoms with Gasteiger partial charge in [0, 0.05) is 18.2 Å². The number of hydrogen-bond acceptors (Lipinski definition) is 2. The topological polar surface area (TPSA) is 12.5 Å². The molecule has 2 aromatic rings. The van der Waals surface area contributed by atoms with Gasteiger partial charge in [0.05, 0.1) is 0 Å². The molecule has 1 aliphatic heterocycles. The fraction of sp³-hybridized carbons (Fsp3) is 0.613. The number of likely N-dealkylation sites (tertiary alicyclic amines) is 1. The molecule has 2 aromatic carbocycles. The third kappa shape index (κ3) is 7.60. The molecule has 1 saturated heterocycles. The fourth-order valence-electron chi connectivity index (χ4n) is 5.26. The Labute approximate surface area is 203 Å². The van der Waals surface area contributed by atoms with E-state index < -0.39 is 0 Å². The Morgan fingerprint density at radius 1 is 1.00 bits per heavy atom. The molecular formula is C31H47NO. The van der Waals surface area contributed by atoms with Crippen LogP contribution in [0.5, 0.6) is 5.75 Å². The van der Waals surface area contributed by atoms with Gasteiger partial charge >= 0.3 is 0 Å². The highest BCUT2D eigenvalue weighted by molar-refractivity contribution is 5.42. The van der Waals surface area contributed by atoms with Gasteiger partial charge in [-0.3, -0.25) is 4.90 Å². The maximum Gasteiger partial charge on any atom is 0.124 e. The number of ether oxygens (including phenoxy) is 1. The lowest BCUT2D eigenvalue weighted by Crippen LogP contribution is -2.36. The van der Waals surface area contributed by atoms with Crippen molar-refractivity contribution < 1.29 is 4.74 Å². The van der Waals surface area contributed by atoms with Crippen LogP contribution in [0.3, 0.4) is 0 Å². The third-order valence-electron chi connectivity index (χ3n) is 7.26. The molecule has 1 heterocycles. The average Bonchev–Trinajstić information content (AvgIpc) is 2.81. The lowest BCUT2D eigenvalue weighted by Gasteiger charge is -2.38. The fourth-order valence-corrected chi connectivity index (χ4v) is 5.26. The van der Waals surface area contributed by atoms with E-state index in [1.807, 2.05) is 0 Å². The summed E-state index contributed by atoms with van der Waals surface area (Å²) in [5, 5.41) is 0. The molecule has 0 N–H and O–H groups in total. The molecule has 1 fully saturated rings. The van der Waals surface area contributed by atoms with Gasteiger partial charge < -0.3 is 4.74 Å². The van der Waals surface area contributed by atoms with Gasteiger partial charge in [-0.25, -0.2) is 0 Å². The van der Waals surface area contributed by atoms with Crippen molar-refractivity contribution in [3.63, 3.8) is 0 Å². The molecule has 33 heavy (non-hydrogen) atoms. The number of nitrogens with zero attached hydrogens (tertiary/aromatic N) is 1. The minimum absolute atomic E-state index is 0.168. The van der Waals surface area contributed by atoms with Crippen molar-refractivity contribution in [1.82, 2.24) is 4.90 Å². The van der Waals surface area contributed by atoms with Crippen molar-refractivity contribution >= 4 is 0 Å². The zero-order valence-electron chi connectivity index (χ0n) is 21.9. The predicted molar refractivity (Wildman–Crippen MR) is 142 cm³/mol. The Morgan fingerprint density at radius 2 is 1.79 bits per heavy atom. The Hall–Kier alpha value is -1.80. The predicted octanol–water partition coefficient (Wildman–Crippen LogP) is 8.70. The minimum atomic E-state index is 0.168. The zero-order chi connectivity index (χ0) is 23.7. The van der Waals surface area contributed by atoms with Crippen LogP contribution in [0.1, 0.15) is 109 Å². The molecule has 0 saturated carbocycles. The largest absolute Gasteiger partial charge is 0.489 e. The van der Waals surface area contributed by atoms with Crippen molar-refractivity contribution in [3.05, 3.63) is 65.2 Å². The second-order valence-electron chi connectivity index (χ2n) is 11.1. The third-order valence-corrected chi connectivity index (χ3v) is 7.26. The molecule has 1 atom stereocenters. The van der Waals surface area contributed by atoms with Crippen molar-refractivity contribution in [2.24, 2.45) is 5.92 Å². The van der Waals surface area contributed by atoms with Crippen LogP contribution in [-0.2, 0) is 12.0 Å². The second-order valence-corrected chi connectivity index (χ2v) is 11.1. The number of rotatable bonds is 12. The molecule has 0 spiro atoms. The van der Waals surface area contributed by atoms with E-state index in [2.05, 4.69) is 88.0 Å². The Bertz CT molecular complexity index is 826. The first-order chi connectivity index (χ1) is 15.9. The van der Waals surface area contributed by atoms with Gasteiger partial charge in [0.25, 0.3) is 0 Å². The first-order valence-corrected chi connectivity index (χ1v) is 13.5. The summed E-state index contributed by atoms with van der Waals surface area (Å²) in [6.45, 7) is 14.8. The number of hydrogen-bond donors (Lipinski definition) is 0. The van der Waals surface area contributed by atoms with Crippen LogP contribution in [0.25, 0.3) is 0 Å². The van der Waals surface area contributed by atoms with Crippen molar-refractivity contribution in [3.8, 4) is 5.75 Å². The van der Waals surface area contributed by atoms with Crippen LogP contribution in [0.15, 0.2) is 48.5 Å². The first kappa shape index (κ1) is 25.8. The van der Waals surface area contributed by atoms with E-state index in [9.17, 15) is 0 Å². The molecular weight excluding hydrogens is 402 g/mol. The highest BCUT2D eigenvalue weighted by atomic mass is 16.5. The zero-order valence-corrected chi connectivity index (χ0v) is 21.9. The molecule has 2 heteroatoms. The van der Waals surface area contributed by atoms with Gasteiger partial charge in [-0.15, -0.1) is 0 Å². The SMILES string of the molecule is CCCCCCC(C)(C)c1ccc(C2CCCCN2CC(C)C)c(OCc2ccccc2)c1. The molecule has 0 radical (unpaired) electrons. The van der Waals surface area contributed by atoms with E-state index in [1.165, 1.54) is 74.6 Å². The monoisotopic (exact) mass is 449 g/mol. The number of piperidine rings is 1. The van der Waals surface area contributed by atoms with Crippen molar-refractivity contribution in [2.75, 3.05) is 13.1 Å². The first-order valence-electron chi connectivity index (χ1n) is 13.5. The van der Waals surface area contributed by atoms with E-state index in [-0.39, 0.29) is 5.41 Å². The Balaban J connectivity index is 1.87. The van der Waals surface area contributed by atoms with Gasteiger partial charge in [0.15, 0.2) is 0 Å². The Morgan fingerprint density at radius 3 is 2.52 bits per heavy atom. The molecule has 0 aromatic heterocycles. The summed E-state index contributed by atoms with van der Waals surface area (Å²) in [5.41, 5.74) is 4.20. The summed E-state index contributed by atoms with van der Waals surface area (Å²) in [5.74, 6) is 1.78. The van der Waals surface area contributed by atoms with Crippen LogP contribution < -0.4 is 4.74 Å². The highest BCUT2D eigenvalue weighted by Crippen LogP contribution is 2.40. The average molecular weight is 450 g/mol. The van der Waals surface area contributed by atoms with Crippen LogP contribution in [-0.4, -0.2) is 18.0 Å². The van der Waals surface area contributed by atoms with Crippen molar-refractivity contribution in [2.45, 2.75) is 104 Å². The lowest BCUT2D eigenvalue weighted by atomic mass is 9.79. The second kappa shape index (κ2) is 12.6. The smallest absolute Gasteiger partial charge is 0.124 e. The molecule has 0 amide bonds. The summed E-state index contributed by atoms with van der Waals surface area (Å²) in [6.07, 6.45) is 10.3. The van der Waals surface area contributed by atoms with Gasteiger partial charge in [-0.2, -0.15) is 0 Å². The molecule has 0 aliphatic carbocycles. The van der Waals surface area contributed by atoms with E-state index in [4.69, 9.17) is 4.74 Å². The standard InChI is InChI=1S/C31H47NO/c1-6-7-8-13-20-31(4,5)27-18-19-28(29-17-12-14-21-32(29)23-25(2)3)30(22-27)33-24-26-15-10-9-11-16-26/h9-11,15-16,18-19,22,25,29H,6-8,12-14,17,20-21,23-24H2,1-5H3. The summed E-state index contributed by atoms with van der Waals surface area (Å²) in [7, 11) is 0. The van der Waals surface area contributed by atoms with Gasteiger partial charge in [-0.05, 0) is 54.3 Å². The van der Waals surface area contributed by atoms with Gasteiger partial charge in [-0.1, -0.05) is 109 Å². The summed E-state index contributed by atoms with van der Waals surface area (Å²) >= 11 is 0. The molecule has 2 nitrogen and oxygen atoms in total. The maximum atomic E-state index is 6.58. The Kier molecular flexibility index (Phi) is 9.86. The normalized spacial score (nSPS) is 17.5. The van der Waals surface area contributed by atoms with Crippen LogP contribution >= 0.6 is 0 Å². The van der Waals surface area contributed by atoms with Crippen LogP contribution in [0, 0.1) is 5.92 Å². The van der Waals surface area contributed by atoms with E-state index in [1.54, 1.807) is 0 Å². The quantitative estimate of drug-likeness (QED) is 0.300. The van der Waals surface area contributed by atoms with Gasteiger partial charge in [0.1, 0.15) is 12.4 Å². The van der Waals surface area contributed by atoms with E-state index >= 15 is 0 Å². The van der Waals surface area contributed by atoms with Crippen LogP contribution in [0.4, 0.5) is 0 Å². The molecule has 1 aliphatic rings. The molecule has 0 bridgehead atoms. The minimum Gasteiger partial charge on any atom is -0.489 e. The summed E-state index contributed by atoms with van der Waals surface area (Å²) in [4.78, 5) is 2.70. The number of benzene rings is 2. The van der Waals surface area contributed by atoms with Crippen molar-refractivity contribution in [1.29, 1.82) is 0 Å². The highest BCUT2D eigenvalue weighted by Gasteiger charge is 2.29. The van der Waals surface area contributed by atoms with E-state index in [0.717, 1.165) is 12.3 Å². The van der Waals surface area contributed by atoms with Crippen LogP contribution in [0.2, 0.25) is 0 Å². The molecule has 1 unspecified atom stereocenters. The lowest BCUT2D eigenvalue weighted by molar-refractivity contribution is 0.128. The molecule has 182 valence electrons. The van der Waals surface area contributed by atoms with Gasteiger partial charge in [0.2, 0.25) is 0 Å². The number of unbranched alkanes of at least 4 members (excludes halogenated alkanes) is 3. The molecule has 3 rings (SSSR count).